The molecule has 0 spiro atoms. The van der Waals surface area contributed by atoms with Crippen LogP contribution in [0.15, 0.2) is 0 Å². The van der Waals surface area contributed by atoms with Crippen LogP contribution in [0.4, 0.5) is 0 Å². The first-order valence-electron chi connectivity index (χ1n) is 3.50. The maximum atomic E-state index is 2.44. The standard InChI is InChI=1S/C7H18Si2/c1-7(2,3)8-9(4,5)6/h1-6H3. The highest BCUT2D eigenvalue weighted by Crippen LogP contribution is 2.24. The normalized spacial score (nSPS) is 14.0. The van der Waals surface area contributed by atoms with Gasteiger partial charge in [-0.25, -0.2) is 0 Å². The van der Waals surface area contributed by atoms with Crippen LogP contribution in [0.3, 0.4) is 0 Å². The molecule has 0 saturated heterocycles. The molecule has 54 valence electrons. The highest BCUT2D eigenvalue weighted by atomic mass is 29.2. The largest absolute Gasteiger partial charge is 0.0719 e. The van der Waals surface area contributed by atoms with Crippen molar-refractivity contribution in [3.63, 3.8) is 0 Å². The first-order chi connectivity index (χ1) is 3.71. The van der Waals surface area contributed by atoms with Gasteiger partial charge in [0, 0.05) is 16.6 Å². The molecule has 0 aromatic carbocycles. The van der Waals surface area contributed by atoms with Crippen LogP contribution in [0.25, 0.3) is 0 Å². The van der Waals surface area contributed by atoms with Gasteiger partial charge >= 0.3 is 0 Å². The lowest BCUT2D eigenvalue weighted by Crippen LogP contribution is -2.35. The van der Waals surface area contributed by atoms with Gasteiger partial charge < -0.3 is 0 Å². The molecule has 0 N–H and O–H groups in total. The van der Waals surface area contributed by atoms with E-state index in [0.717, 1.165) is 0 Å². The van der Waals surface area contributed by atoms with E-state index in [-0.39, 0.29) is 0 Å². The Bertz CT molecular complexity index is 72.1. The molecule has 0 aliphatic carbocycles. The van der Waals surface area contributed by atoms with E-state index in [1.165, 1.54) is 9.04 Å². The fraction of sp³-hybridized carbons (Fsp3) is 1.00. The third-order valence-electron chi connectivity index (χ3n) is 0.750. The van der Waals surface area contributed by atoms with E-state index < -0.39 is 7.59 Å². The molecule has 2 heteroatoms. The third kappa shape index (κ3) is 8.43. The van der Waals surface area contributed by atoms with Gasteiger partial charge in [0.05, 0.1) is 0 Å². The van der Waals surface area contributed by atoms with Crippen LogP contribution in [-0.2, 0) is 0 Å². The van der Waals surface area contributed by atoms with E-state index in [9.17, 15) is 0 Å². The molecule has 9 heavy (non-hydrogen) atoms. The lowest BCUT2D eigenvalue weighted by Gasteiger charge is -2.25. The third-order valence-corrected chi connectivity index (χ3v) is 6.75. The zero-order valence-electron chi connectivity index (χ0n) is 7.50. The van der Waals surface area contributed by atoms with Gasteiger partial charge in [-0.15, -0.1) is 0 Å². The SMILES string of the molecule is CC(C)(C)[Si][Si](C)(C)C. The van der Waals surface area contributed by atoms with E-state index >= 15 is 0 Å². The summed E-state index contributed by atoms with van der Waals surface area (Å²) in [6, 6.07) is 0. The second-order valence-corrected chi connectivity index (χ2v) is 16.1. The molecule has 0 bridgehead atoms. The van der Waals surface area contributed by atoms with Gasteiger partial charge in [-0.1, -0.05) is 40.4 Å². The van der Waals surface area contributed by atoms with Crippen molar-refractivity contribution in [2.24, 2.45) is 0 Å². The minimum atomic E-state index is -0.765. The van der Waals surface area contributed by atoms with Crippen molar-refractivity contribution in [1.82, 2.24) is 0 Å². The molecule has 0 aliphatic rings. The summed E-state index contributed by atoms with van der Waals surface area (Å²) < 4.78 is 0. The number of hydrogen-bond acceptors (Lipinski definition) is 0. The Kier molecular flexibility index (Phi) is 2.71. The van der Waals surface area contributed by atoms with Gasteiger partial charge in [-0.3, -0.25) is 0 Å². The van der Waals surface area contributed by atoms with E-state index in [1.54, 1.807) is 0 Å². The highest BCUT2D eigenvalue weighted by Gasteiger charge is 2.22. The Morgan fingerprint density at radius 3 is 1.33 bits per heavy atom. The zero-order valence-corrected chi connectivity index (χ0v) is 9.50. The predicted molar refractivity (Wildman–Crippen MR) is 48.8 cm³/mol. The Morgan fingerprint density at radius 2 is 1.33 bits per heavy atom. The summed E-state index contributed by atoms with van der Waals surface area (Å²) in [5.74, 6) is 0. The fourth-order valence-electron chi connectivity index (χ4n) is 1.12. The predicted octanol–water partition coefficient (Wildman–Crippen LogP) is 2.74. The Labute approximate surface area is 62.7 Å². The van der Waals surface area contributed by atoms with Crippen molar-refractivity contribution in [3.8, 4) is 0 Å². The van der Waals surface area contributed by atoms with Gasteiger partial charge in [0.1, 0.15) is 0 Å². The van der Waals surface area contributed by atoms with Gasteiger partial charge in [-0.05, 0) is 5.04 Å². The molecule has 0 heterocycles. The molecular formula is C7H18Si2. The monoisotopic (exact) mass is 158 g/mol. The maximum absolute atomic E-state index is 2.44. The molecule has 0 nitrogen and oxygen atoms in total. The van der Waals surface area contributed by atoms with Crippen molar-refractivity contribution >= 4 is 16.6 Å². The fourth-order valence-corrected chi connectivity index (χ4v) is 10.1. The Hall–Kier alpha value is 0.434. The van der Waals surface area contributed by atoms with Crippen molar-refractivity contribution in [1.29, 1.82) is 0 Å². The van der Waals surface area contributed by atoms with Crippen molar-refractivity contribution in [2.75, 3.05) is 0 Å². The molecular weight excluding hydrogens is 140 g/mol. The second kappa shape index (κ2) is 2.58. The lowest BCUT2D eigenvalue weighted by atomic mass is 10.3. The molecule has 0 saturated carbocycles. The summed E-state index contributed by atoms with van der Waals surface area (Å²) >= 11 is 0. The number of hydrogen-bond donors (Lipinski definition) is 0. The minimum Gasteiger partial charge on any atom is -0.0719 e. The van der Waals surface area contributed by atoms with Gasteiger partial charge in [0.15, 0.2) is 0 Å². The Balaban J connectivity index is 3.75. The van der Waals surface area contributed by atoms with E-state index in [4.69, 9.17) is 0 Å². The summed E-state index contributed by atoms with van der Waals surface area (Å²) in [7, 11) is 0.425. The highest BCUT2D eigenvalue weighted by molar-refractivity contribution is 7.23. The molecule has 0 fully saturated rings. The smallest absolute Gasteiger partial charge is 0.0355 e. The lowest BCUT2D eigenvalue weighted by molar-refractivity contribution is 0.761. The first-order valence-corrected chi connectivity index (χ1v) is 9.00. The van der Waals surface area contributed by atoms with Crippen LogP contribution in [0, 0.1) is 0 Å². The van der Waals surface area contributed by atoms with Crippen molar-refractivity contribution < 1.29 is 0 Å². The molecule has 0 unspecified atom stereocenters. The Morgan fingerprint density at radius 1 is 1.00 bits per heavy atom. The van der Waals surface area contributed by atoms with Crippen LogP contribution in [0.1, 0.15) is 20.8 Å². The zero-order chi connectivity index (χ0) is 7.71. The van der Waals surface area contributed by atoms with Gasteiger partial charge in [-0.2, -0.15) is 0 Å². The minimum absolute atomic E-state index is 0.574. The average Bonchev–Trinajstić information content (AvgIpc) is 1.14. The molecule has 0 atom stereocenters. The van der Waals surface area contributed by atoms with Crippen LogP contribution in [0.2, 0.25) is 24.7 Å². The summed E-state index contributed by atoms with van der Waals surface area (Å²) in [4.78, 5) is 0. The second-order valence-electron chi connectivity index (χ2n) is 4.62. The van der Waals surface area contributed by atoms with Gasteiger partial charge in [0.25, 0.3) is 0 Å². The van der Waals surface area contributed by atoms with Gasteiger partial charge in [0.2, 0.25) is 0 Å². The molecule has 0 rings (SSSR count). The average molecular weight is 158 g/mol. The van der Waals surface area contributed by atoms with Crippen LogP contribution >= 0.6 is 0 Å². The summed E-state index contributed by atoms with van der Waals surface area (Å²) in [6.45, 7) is 14.3. The van der Waals surface area contributed by atoms with Crippen LogP contribution in [-0.4, -0.2) is 16.6 Å². The topological polar surface area (TPSA) is 0 Å². The van der Waals surface area contributed by atoms with E-state index in [2.05, 4.69) is 40.4 Å². The summed E-state index contributed by atoms with van der Waals surface area (Å²) in [5.41, 5.74) is 0. The van der Waals surface area contributed by atoms with E-state index in [1.807, 2.05) is 0 Å². The maximum Gasteiger partial charge on any atom is 0.0355 e. The quantitative estimate of drug-likeness (QED) is 0.515. The van der Waals surface area contributed by atoms with Crippen molar-refractivity contribution in [2.45, 2.75) is 45.5 Å². The number of rotatable bonds is 1. The molecule has 0 aliphatic heterocycles. The molecule has 0 aromatic heterocycles. The summed E-state index contributed by atoms with van der Waals surface area (Å²) in [5, 5.41) is 0.574. The first kappa shape index (κ1) is 9.43. The van der Waals surface area contributed by atoms with Crippen molar-refractivity contribution in [3.05, 3.63) is 0 Å². The van der Waals surface area contributed by atoms with E-state index in [0.29, 0.717) is 5.04 Å². The summed E-state index contributed by atoms with van der Waals surface area (Å²) in [6.07, 6.45) is 0. The van der Waals surface area contributed by atoms with Crippen LogP contribution < -0.4 is 0 Å². The van der Waals surface area contributed by atoms with Crippen LogP contribution in [0.5, 0.6) is 0 Å². The molecule has 0 aromatic rings. The molecule has 0 amide bonds. The molecule has 2 radical (unpaired) electrons.